The number of hydrogen-bond donors (Lipinski definition) is 2. The molecule has 5 heteroatoms. The van der Waals surface area contributed by atoms with Crippen molar-refractivity contribution >= 4 is 29.0 Å². The Hall–Kier alpha value is -2.51. The largest absolute Gasteiger partial charge is 0.323 e. The van der Waals surface area contributed by atoms with Crippen LogP contribution >= 0.6 is 11.6 Å². The van der Waals surface area contributed by atoms with Crippen molar-refractivity contribution in [2.75, 3.05) is 10.6 Å². The van der Waals surface area contributed by atoms with Crippen molar-refractivity contribution in [3.05, 3.63) is 58.6 Å². The molecule has 0 bridgehead atoms. The summed E-state index contributed by atoms with van der Waals surface area (Å²) < 4.78 is 0. The molecule has 2 N–H and O–H groups in total. The number of hydrogen-bond acceptors (Lipinski definition) is 2. The minimum atomic E-state index is -0.406. The fourth-order valence-corrected chi connectivity index (χ4v) is 2.00. The van der Waals surface area contributed by atoms with Crippen LogP contribution in [0.1, 0.15) is 11.1 Å². The molecule has 4 nitrogen and oxygen atoms in total. The van der Waals surface area contributed by atoms with Gasteiger partial charge in [0.1, 0.15) is 0 Å². The summed E-state index contributed by atoms with van der Waals surface area (Å²) >= 11 is 6.04. The molecule has 2 aromatic carbocycles. The molecule has 0 aromatic heterocycles. The second-order valence-corrected chi connectivity index (χ2v) is 4.61. The quantitative estimate of drug-likeness (QED) is 0.870. The van der Waals surface area contributed by atoms with Gasteiger partial charge in [0, 0.05) is 5.69 Å². The predicted octanol–water partition coefficient (Wildman–Crippen LogP) is 4.16. The first-order chi connectivity index (χ1) is 9.60. The minimum Gasteiger partial charge on any atom is -0.308 e. The molecule has 0 spiro atoms. The van der Waals surface area contributed by atoms with Gasteiger partial charge in [0.2, 0.25) is 0 Å². The van der Waals surface area contributed by atoms with Gasteiger partial charge in [0.25, 0.3) is 0 Å². The molecule has 2 aromatic rings. The SMILES string of the molecule is Cc1cccc(Cl)c1NC(=O)Nc1cccc(C#N)c1. The van der Waals surface area contributed by atoms with Crippen LogP contribution in [0.25, 0.3) is 0 Å². The van der Waals surface area contributed by atoms with E-state index in [1.807, 2.05) is 25.1 Å². The Morgan fingerprint density at radius 1 is 1.20 bits per heavy atom. The van der Waals surface area contributed by atoms with Crippen molar-refractivity contribution in [3.63, 3.8) is 0 Å². The minimum absolute atomic E-state index is 0.406. The molecule has 0 unspecified atom stereocenters. The molecule has 0 aliphatic carbocycles. The summed E-state index contributed by atoms with van der Waals surface area (Å²) in [7, 11) is 0. The topological polar surface area (TPSA) is 64.9 Å². The summed E-state index contributed by atoms with van der Waals surface area (Å²) in [6.07, 6.45) is 0. The average molecular weight is 286 g/mol. The van der Waals surface area contributed by atoms with E-state index in [2.05, 4.69) is 10.6 Å². The van der Waals surface area contributed by atoms with Crippen molar-refractivity contribution in [2.45, 2.75) is 6.92 Å². The van der Waals surface area contributed by atoms with Gasteiger partial charge in [-0.1, -0.05) is 29.8 Å². The number of nitriles is 1. The van der Waals surface area contributed by atoms with E-state index in [0.717, 1.165) is 5.56 Å². The number of anilines is 2. The Labute approximate surface area is 122 Å². The van der Waals surface area contributed by atoms with Gasteiger partial charge in [0.15, 0.2) is 0 Å². The van der Waals surface area contributed by atoms with E-state index in [4.69, 9.17) is 16.9 Å². The molecule has 2 amide bonds. The van der Waals surface area contributed by atoms with E-state index in [-0.39, 0.29) is 0 Å². The summed E-state index contributed by atoms with van der Waals surface area (Å²) in [5, 5.41) is 14.6. The van der Waals surface area contributed by atoms with Gasteiger partial charge in [-0.2, -0.15) is 5.26 Å². The number of urea groups is 1. The number of carbonyl (C=O) groups is 1. The van der Waals surface area contributed by atoms with Crippen LogP contribution in [0.15, 0.2) is 42.5 Å². The van der Waals surface area contributed by atoms with Gasteiger partial charge >= 0.3 is 6.03 Å². The summed E-state index contributed by atoms with van der Waals surface area (Å²) in [5.41, 5.74) is 2.48. The first-order valence-electron chi connectivity index (χ1n) is 5.93. The Morgan fingerprint density at radius 2 is 1.95 bits per heavy atom. The fourth-order valence-electron chi connectivity index (χ4n) is 1.73. The van der Waals surface area contributed by atoms with Crippen LogP contribution in [0.4, 0.5) is 16.2 Å². The Kier molecular flexibility index (Phi) is 4.24. The third-order valence-electron chi connectivity index (χ3n) is 2.71. The highest BCUT2D eigenvalue weighted by Crippen LogP contribution is 2.25. The highest BCUT2D eigenvalue weighted by Gasteiger charge is 2.08. The fraction of sp³-hybridized carbons (Fsp3) is 0.0667. The lowest BCUT2D eigenvalue weighted by Gasteiger charge is -2.11. The maximum Gasteiger partial charge on any atom is 0.323 e. The summed E-state index contributed by atoms with van der Waals surface area (Å²) in [4.78, 5) is 11.9. The first kappa shape index (κ1) is 13.9. The van der Waals surface area contributed by atoms with Crippen LogP contribution in [0.5, 0.6) is 0 Å². The highest BCUT2D eigenvalue weighted by atomic mass is 35.5. The normalized spacial score (nSPS) is 9.65. The number of nitrogens with one attached hydrogen (secondary N) is 2. The Morgan fingerprint density at radius 3 is 2.65 bits per heavy atom. The third-order valence-corrected chi connectivity index (χ3v) is 3.02. The number of carbonyl (C=O) groups excluding carboxylic acids is 1. The molecule has 0 aliphatic heterocycles. The average Bonchev–Trinajstić information content (AvgIpc) is 2.43. The summed E-state index contributed by atoms with van der Waals surface area (Å²) in [6.45, 7) is 1.86. The van der Waals surface area contributed by atoms with Crippen LogP contribution in [0.2, 0.25) is 5.02 Å². The van der Waals surface area contributed by atoms with Crippen molar-refractivity contribution in [1.82, 2.24) is 0 Å². The zero-order valence-corrected chi connectivity index (χ0v) is 11.5. The molecule has 0 saturated heterocycles. The van der Waals surface area contributed by atoms with Gasteiger partial charge in [-0.25, -0.2) is 4.79 Å². The molecule has 0 saturated carbocycles. The van der Waals surface area contributed by atoms with Crippen LogP contribution in [-0.2, 0) is 0 Å². The van der Waals surface area contributed by atoms with Gasteiger partial charge in [0.05, 0.1) is 22.3 Å². The van der Waals surface area contributed by atoms with E-state index in [0.29, 0.717) is 22.0 Å². The second-order valence-electron chi connectivity index (χ2n) is 4.20. The molecule has 0 heterocycles. The van der Waals surface area contributed by atoms with Crippen molar-refractivity contribution in [2.24, 2.45) is 0 Å². The van der Waals surface area contributed by atoms with Crippen molar-refractivity contribution in [1.29, 1.82) is 5.26 Å². The first-order valence-corrected chi connectivity index (χ1v) is 6.31. The van der Waals surface area contributed by atoms with Gasteiger partial charge in [-0.15, -0.1) is 0 Å². The smallest absolute Gasteiger partial charge is 0.308 e. The molecule has 0 aliphatic rings. The maximum absolute atomic E-state index is 11.9. The summed E-state index contributed by atoms with van der Waals surface area (Å²) in [5.74, 6) is 0. The van der Waals surface area contributed by atoms with Gasteiger partial charge in [-0.05, 0) is 36.8 Å². The molecule has 0 radical (unpaired) electrons. The lowest BCUT2D eigenvalue weighted by molar-refractivity contribution is 0.262. The van der Waals surface area contributed by atoms with Crippen LogP contribution in [-0.4, -0.2) is 6.03 Å². The van der Waals surface area contributed by atoms with E-state index < -0.39 is 6.03 Å². The number of rotatable bonds is 2. The highest BCUT2D eigenvalue weighted by molar-refractivity contribution is 6.34. The number of aryl methyl sites for hydroxylation is 1. The van der Waals surface area contributed by atoms with E-state index in [9.17, 15) is 4.79 Å². The number of benzene rings is 2. The molecule has 0 fully saturated rings. The summed E-state index contributed by atoms with van der Waals surface area (Å²) in [6, 6.07) is 13.7. The van der Waals surface area contributed by atoms with Crippen LogP contribution in [0.3, 0.4) is 0 Å². The van der Waals surface area contributed by atoms with E-state index in [1.165, 1.54) is 0 Å². The number of para-hydroxylation sites is 1. The maximum atomic E-state index is 11.9. The van der Waals surface area contributed by atoms with Crippen molar-refractivity contribution in [3.8, 4) is 6.07 Å². The Balaban J connectivity index is 2.11. The van der Waals surface area contributed by atoms with Crippen LogP contribution in [0, 0.1) is 18.3 Å². The molecule has 0 atom stereocenters. The number of halogens is 1. The monoisotopic (exact) mass is 285 g/mol. The molecule has 2 rings (SSSR count). The zero-order chi connectivity index (χ0) is 14.5. The zero-order valence-electron chi connectivity index (χ0n) is 10.8. The molecule has 100 valence electrons. The molecular weight excluding hydrogens is 274 g/mol. The third kappa shape index (κ3) is 3.28. The van der Waals surface area contributed by atoms with Gasteiger partial charge in [-0.3, -0.25) is 0 Å². The van der Waals surface area contributed by atoms with E-state index >= 15 is 0 Å². The predicted molar refractivity (Wildman–Crippen MR) is 80.0 cm³/mol. The van der Waals surface area contributed by atoms with Crippen molar-refractivity contribution < 1.29 is 4.79 Å². The Bertz CT molecular complexity index is 672. The number of nitrogens with zero attached hydrogens (tertiary/aromatic N) is 1. The molecular formula is C15H12ClN3O. The van der Waals surface area contributed by atoms with Gasteiger partial charge < -0.3 is 10.6 Å². The number of amides is 2. The second kappa shape index (κ2) is 6.09. The van der Waals surface area contributed by atoms with Crippen LogP contribution < -0.4 is 10.6 Å². The lowest BCUT2D eigenvalue weighted by atomic mass is 10.2. The molecule has 20 heavy (non-hydrogen) atoms. The van der Waals surface area contributed by atoms with E-state index in [1.54, 1.807) is 30.3 Å². The standard InChI is InChI=1S/C15H12ClN3O/c1-10-4-2-7-13(16)14(10)19-15(20)18-12-6-3-5-11(8-12)9-17/h2-8H,1H3,(H2,18,19,20). The lowest BCUT2D eigenvalue weighted by Crippen LogP contribution is -2.20.